The second-order valence-corrected chi connectivity index (χ2v) is 12.6. The molecule has 0 aromatic heterocycles. The summed E-state index contributed by atoms with van der Waals surface area (Å²) in [6, 6.07) is 8.84. The third-order valence-electron chi connectivity index (χ3n) is 5.55. The number of piperidine rings is 1. The number of para-hydroxylation sites is 1. The number of hydrogen-bond donors (Lipinski definition) is 4. The molecule has 37 heavy (non-hydrogen) atoms. The number of halogens is 2. The van der Waals surface area contributed by atoms with Gasteiger partial charge in [-0.15, -0.1) is 0 Å². The lowest BCUT2D eigenvalue weighted by Crippen LogP contribution is -2.43. The predicted octanol–water partition coefficient (Wildman–Crippen LogP) is 5.38. The van der Waals surface area contributed by atoms with Crippen LogP contribution in [0.1, 0.15) is 33.6 Å². The molecule has 4 N–H and O–H groups in total. The molecule has 0 aliphatic carbocycles. The second-order valence-electron chi connectivity index (χ2n) is 9.59. The zero-order chi connectivity index (χ0) is 27.4. The van der Waals surface area contributed by atoms with E-state index in [4.69, 9.17) is 16.3 Å². The van der Waals surface area contributed by atoms with E-state index < -0.39 is 38.4 Å². The molecule has 2 aromatic carbocycles. The summed E-state index contributed by atoms with van der Waals surface area (Å²) in [7, 11) is -4.22. The predicted molar refractivity (Wildman–Crippen MR) is 146 cm³/mol. The Morgan fingerprint density at radius 1 is 1.11 bits per heavy atom. The topological polar surface area (TPSA) is 137 Å². The lowest BCUT2D eigenvalue weighted by Gasteiger charge is -2.33. The van der Waals surface area contributed by atoms with Gasteiger partial charge in [-0.05, 0) is 79.7 Å². The van der Waals surface area contributed by atoms with Gasteiger partial charge in [0, 0.05) is 24.1 Å². The minimum Gasteiger partial charge on any atom is -0.504 e. The number of nitrogens with one attached hydrogen (secondary N) is 3. The maximum Gasteiger partial charge on any atom is 0.410 e. The van der Waals surface area contributed by atoms with Gasteiger partial charge in [0.1, 0.15) is 10.5 Å². The van der Waals surface area contributed by atoms with E-state index >= 15 is 0 Å². The molecular weight excluding hydrogens is 588 g/mol. The summed E-state index contributed by atoms with van der Waals surface area (Å²) in [6.07, 6.45) is 0.771. The molecule has 202 valence electrons. The van der Waals surface area contributed by atoms with Gasteiger partial charge in [0.2, 0.25) is 10.0 Å². The number of benzene rings is 2. The molecule has 0 saturated carbocycles. The van der Waals surface area contributed by atoms with Gasteiger partial charge in [-0.1, -0.05) is 23.7 Å². The number of phenolic OH excluding ortho intramolecular Hbond substituents is 1. The standard InChI is InChI=1S/C24H30BrClN4O6S/c1-24(2,3)36-23(33)30-12-10-15(11-13-30)14-27-37(34,35)21-17(26)8-9-19(20(21)31)29-22(32)28-18-7-5-4-6-16(18)25/h4-9,15,27,31H,10-14H2,1-3H3,(H2,28,29,32). The van der Waals surface area contributed by atoms with E-state index in [1.807, 2.05) is 0 Å². The van der Waals surface area contributed by atoms with Crippen molar-refractivity contribution in [2.24, 2.45) is 5.92 Å². The van der Waals surface area contributed by atoms with Crippen molar-refractivity contribution in [3.05, 3.63) is 45.9 Å². The van der Waals surface area contributed by atoms with Crippen LogP contribution in [-0.4, -0.2) is 55.8 Å². The quantitative estimate of drug-likeness (QED) is 0.322. The number of likely N-dealkylation sites (tertiary alicyclic amines) is 1. The van der Waals surface area contributed by atoms with Crippen molar-refractivity contribution in [3.8, 4) is 5.75 Å². The molecule has 0 radical (unpaired) electrons. The highest BCUT2D eigenvalue weighted by Gasteiger charge is 2.30. The van der Waals surface area contributed by atoms with Crippen LogP contribution in [0.3, 0.4) is 0 Å². The number of carbonyl (C=O) groups is 2. The second kappa shape index (κ2) is 11.9. The number of anilines is 2. The van der Waals surface area contributed by atoms with Crippen LogP contribution in [0.25, 0.3) is 0 Å². The zero-order valence-electron chi connectivity index (χ0n) is 20.7. The van der Waals surface area contributed by atoms with Crippen LogP contribution in [0, 0.1) is 5.92 Å². The summed E-state index contributed by atoms with van der Waals surface area (Å²) in [4.78, 5) is 25.7. The zero-order valence-corrected chi connectivity index (χ0v) is 23.8. The number of ether oxygens (including phenoxy) is 1. The van der Waals surface area contributed by atoms with Crippen LogP contribution in [0.4, 0.5) is 21.0 Å². The number of rotatable bonds is 6. The van der Waals surface area contributed by atoms with Crippen LogP contribution in [-0.2, 0) is 14.8 Å². The fraction of sp³-hybridized carbons (Fsp3) is 0.417. The minimum atomic E-state index is -4.22. The van der Waals surface area contributed by atoms with Gasteiger partial charge < -0.3 is 25.4 Å². The van der Waals surface area contributed by atoms with E-state index in [1.165, 1.54) is 12.1 Å². The van der Waals surface area contributed by atoms with Crippen LogP contribution in [0.15, 0.2) is 45.8 Å². The highest BCUT2D eigenvalue weighted by Crippen LogP contribution is 2.37. The van der Waals surface area contributed by atoms with Gasteiger partial charge >= 0.3 is 12.1 Å². The Hall–Kier alpha value is -2.54. The summed E-state index contributed by atoms with van der Waals surface area (Å²) < 4.78 is 34.6. The molecule has 1 fully saturated rings. The van der Waals surface area contributed by atoms with E-state index in [0.29, 0.717) is 36.1 Å². The van der Waals surface area contributed by atoms with Crippen molar-refractivity contribution < 1.29 is 27.9 Å². The highest BCUT2D eigenvalue weighted by molar-refractivity contribution is 9.10. The molecular formula is C24H30BrClN4O6S. The third kappa shape index (κ3) is 7.97. The number of sulfonamides is 1. The first-order valence-electron chi connectivity index (χ1n) is 11.6. The van der Waals surface area contributed by atoms with E-state index in [1.54, 1.807) is 49.9 Å². The number of urea groups is 1. The van der Waals surface area contributed by atoms with Gasteiger partial charge in [0.25, 0.3) is 0 Å². The molecule has 0 atom stereocenters. The molecule has 2 aromatic rings. The molecule has 10 nitrogen and oxygen atoms in total. The molecule has 3 amide bonds. The molecule has 1 aliphatic heterocycles. The van der Waals surface area contributed by atoms with Crippen molar-refractivity contribution in [2.75, 3.05) is 30.3 Å². The Kier molecular flexibility index (Phi) is 9.32. The van der Waals surface area contributed by atoms with Gasteiger partial charge in [-0.25, -0.2) is 22.7 Å². The number of hydrogen-bond acceptors (Lipinski definition) is 6. The third-order valence-corrected chi connectivity index (χ3v) is 8.17. The largest absolute Gasteiger partial charge is 0.504 e. The smallest absolute Gasteiger partial charge is 0.410 e. The lowest BCUT2D eigenvalue weighted by molar-refractivity contribution is 0.0185. The summed E-state index contributed by atoms with van der Waals surface area (Å²) in [5.74, 6) is -0.701. The van der Waals surface area contributed by atoms with Crippen molar-refractivity contribution in [1.82, 2.24) is 9.62 Å². The summed E-state index contributed by atoms with van der Waals surface area (Å²) in [5.41, 5.74) is -0.228. The first kappa shape index (κ1) is 29.0. The lowest BCUT2D eigenvalue weighted by atomic mass is 9.97. The van der Waals surface area contributed by atoms with E-state index in [9.17, 15) is 23.1 Å². The Labute approximate surface area is 229 Å². The maximum atomic E-state index is 13.0. The molecule has 13 heteroatoms. The fourth-order valence-corrected chi connectivity index (χ4v) is 5.82. The minimum absolute atomic E-state index is 0.0224. The van der Waals surface area contributed by atoms with Crippen LogP contribution >= 0.6 is 27.5 Å². The van der Waals surface area contributed by atoms with Crippen LogP contribution < -0.4 is 15.4 Å². The SMILES string of the molecule is CC(C)(C)OC(=O)N1CCC(CNS(=O)(=O)c2c(Cl)ccc(NC(=O)Nc3ccccc3Br)c2O)CC1. The number of amides is 3. The number of aromatic hydroxyl groups is 1. The first-order chi connectivity index (χ1) is 17.3. The summed E-state index contributed by atoms with van der Waals surface area (Å²) >= 11 is 9.45. The highest BCUT2D eigenvalue weighted by atomic mass is 79.9. The van der Waals surface area contributed by atoms with Crippen molar-refractivity contribution in [1.29, 1.82) is 0 Å². The molecule has 0 spiro atoms. The average molecular weight is 618 g/mol. The Morgan fingerprint density at radius 3 is 2.35 bits per heavy atom. The first-order valence-corrected chi connectivity index (χ1v) is 14.2. The van der Waals surface area contributed by atoms with E-state index in [0.717, 1.165) is 0 Å². The normalized spacial score (nSPS) is 14.8. The molecule has 1 saturated heterocycles. The van der Waals surface area contributed by atoms with Crippen LogP contribution in [0.2, 0.25) is 5.02 Å². The van der Waals surface area contributed by atoms with E-state index in [2.05, 4.69) is 31.3 Å². The number of nitrogens with zero attached hydrogens (tertiary/aromatic N) is 1. The molecule has 0 unspecified atom stereocenters. The molecule has 1 aliphatic rings. The fourth-order valence-electron chi connectivity index (χ4n) is 3.69. The maximum absolute atomic E-state index is 13.0. The van der Waals surface area contributed by atoms with Gasteiger partial charge in [-0.3, -0.25) is 0 Å². The van der Waals surface area contributed by atoms with Gasteiger partial charge in [-0.2, -0.15) is 0 Å². The monoisotopic (exact) mass is 616 g/mol. The van der Waals surface area contributed by atoms with Crippen molar-refractivity contribution in [2.45, 2.75) is 44.1 Å². The van der Waals surface area contributed by atoms with E-state index in [-0.39, 0.29) is 23.2 Å². The number of carbonyl (C=O) groups excluding carboxylic acids is 2. The van der Waals surface area contributed by atoms with Gasteiger partial charge in [0.05, 0.1) is 16.4 Å². The molecule has 3 rings (SSSR count). The molecule has 0 bridgehead atoms. The molecule has 1 heterocycles. The average Bonchev–Trinajstić information content (AvgIpc) is 2.80. The Morgan fingerprint density at radius 2 is 1.73 bits per heavy atom. The Bertz CT molecular complexity index is 1260. The van der Waals surface area contributed by atoms with Crippen molar-refractivity contribution >= 4 is 61.1 Å². The Balaban J connectivity index is 1.63. The summed E-state index contributed by atoms with van der Waals surface area (Å²) in [6.45, 7) is 6.38. The van der Waals surface area contributed by atoms with Gasteiger partial charge in [0.15, 0.2) is 5.75 Å². The summed E-state index contributed by atoms with van der Waals surface area (Å²) in [5, 5.41) is 15.5. The number of phenols is 1. The van der Waals surface area contributed by atoms with Crippen LogP contribution in [0.5, 0.6) is 5.75 Å². The van der Waals surface area contributed by atoms with Crippen molar-refractivity contribution in [3.63, 3.8) is 0 Å².